The predicted molar refractivity (Wildman–Crippen MR) is 96.9 cm³/mol. The number of benzene rings is 2. The van der Waals surface area contributed by atoms with Crippen molar-refractivity contribution in [1.29, 1.82) is 0 Å². The summed E-state index contributed by atoms with van der Waals surface area (Å²) in [6, 6.07) is 16.1. The summed E-state index contributed by atoms with van der Waals surface area (Å²) < 4.78 is 5.69. The summed E-state index contributed by atoms with van der Waals surface area (Å²) in [5.41, 5.74) is 3.54. The number of hydrogen-bond acceptors (Lipinski definition) is 2. The van der Waals surface area contributed by atoms with Crippen molar-refractivity contribution in [2.75, 3.05) is 24.6 Å². The van der Waals surface area contributed by atoms with Gasteiger partial charge in [0.2, 0.25) is 0 Å². The summed E-state index contributed by atoms with van der Waals surface area (Å²) in [5.74, 6) is 1.35. The molecule has 126 valence electrons. The molecule has 0 radical (unpaired) electrons. The normalized spacial score (nSPS) is 13.0. The average molecular weight is 324 g/mol. The molecule has 0 aromatic heterocycles. The topological polar surface area (TPSA) is 41.6 Å². The minimum atomic E-state index is -0.0568. The number of hydrogen-bond donors (Lipinski definition) is 1. The lowest BCUT2D eigenvalue weighted by atomic mass is 10.0. The second kappa shape index (κ2) is 7.39. The SMILES string of the molecule is CC(C)c1ccc(OCCNC(=O)N2CCc3ccccc32)cc1. The maximum absolute atomic E-state index is 12.3. The van der Waals surface area contributed by atoms with Crippen LogP contribution in [0.5, 0.6) is 5.75 Å². The predicted octanol–water partition coefficient (Wildman–Crippen LogP) is 3.96. The number of amides is 2. The first-order chi connectivity index (χ1) is 11.6. The van der Waals surface area contributed by atoms with Crippen molar-refractivity contribution in [3.63, 3.8) is 0 Å². The molecule has 1 aliphatic heterocycles. The summed E-state index contributed by atoms with van der Waals surface area (Å²) >= 11 is 0. The quantitative estimate of drug-likeness (QED) is 0.846. The van der Waals surface area contributed by atoms with Crippen LogP contribution >= 0.6 is 0 Å². The number of urea groups is 1. The van der Waals surface area contributed by atoms with Crippen LogP contribution in [0, 0.1) is 0 Å². The molecule has 0 spiro atoms. The highest BCUT2D eigenvalue weighted by atomic mass is 16.5. The number of fused-ring (bicyclic) bond motifs is 1. The number of para-hydroxylation sites is 1. The smallest absolute Gasteiger partial charge is 0.322 e. The van der Waals surface area contributed by atoms with Crippen LogP contribution in [-0.2, 0) is 6.42 Å². The molecule has 1 aliphatic rings. The average Bonchev–Trinajstić information content (AvgIpc) is 3.03. The van der Waals surface area contributed by atoms with Gasteiger partial charge >= 0.3 is 6.03 Å². The molecule has 2 aromatic rings. The number of rotatable bonds is 5. The fourth-order valence-electron chi connectivity index (χ4n) is 2.92. The van der Waals surface area contributed by atoms with Gasteiger partial charge in [0.05, 0.1) is 6.54 Å². The number of nitrogens with one attached hydrogen (secondary N) is 1. The van der Waals surface area contributed by atoms with E-state index >= 15 is 0 Å². The first kappa shape index (κ1) is 16.4. The van der Waals surface area contributed by atoms with Gasteiger partial charge in [-0.25, -0.2) is 4.79 Å². The van der Waals surface area contributed by atoms with Gasteiger partial charge in [0.1, 0.15) is 12.4 Å². The Hall–Kier alpha value is -2.49. The van der Waals surface area contributed by atoms with Crippen LogP contribution in [0.2, 0.25) is 0 Å². The Balaban J connectivity index is 1.44. The maximum atomic E-state index is 12.3. The lowest BCUT2D eigenvalue weighted by Gasteiger charge is -2.18. The van der Waals surface area contributed by atoms with Crippen molar-refractivity contribution >= 4 is 11.7 Å². The molecule has 1 N–H and O–H groups in total. The third kappa shape index (κ3) is 3.70. The zero-order chi connectivity index (χ0) is 16.9. The maximum Gasteiger partial charge on any atom is 0.322 e. The number of anilines is 1. The summed E-state index contributed by atoms with van der Waals surface area (Å²) in [5, 5.41) is 2.93. The largest absolute Gasteiger partial charge is 0.492 e. The number of ether oxygens (including phenoxy) is 1. The standard InChI is InChI=1S/C20H24N2O2/c1-15(2)16-7-9-18(10-8-16)24-14-12-21-20(23)22-13-11-17-5-3-4-6-19(17)22/h3-10,15H,11-14H2,1-2H3,(H,21,23). The minimum absolute atomic E-state index is 0.0568. The van der Waals surface area contributed by atoms with E-state index in [-0.39, 0.29) is 6.03 Å². The van der Waals surface area contributed by atoms with E-state index in [4.69, 9.17) is 4.74 Å². The van der Waals surface area contributed by atoms with E-state index in [0.29, 0.717) is 19.1 Å². The summed E-state index contributed by atoms with van der Waals surface area (Å²) in [6.07, 6.45) is 0.919. The van der Waals surface area contributed by atoms with E-state index in [2.05, 4.69) is 37.4 Å². The van der Waals surface area contributed by atoms with Crippen molar-refractivity contribution in [2.24, 2.45) is 0 Å². The summed E-state index contributed by atoms with van der Waals surface area (Å²) in [4.78, 5) is 14.1. The van der Waals surface area contributed by atoms with E-state index in [1.807, 2.05) is 30.3 Å². The zero-order valence-corrected chi connectivity index (χ0v) is 14.3. The Morgan fingerprint density at radius 1 is 1.17 bits per heavy atom. The van der Waals surface area contributed by atoms with E-state index in [0.717, 1.165) is 24.4 Å². The third-order valence-corrected chi connectivity index (χ3v) is 4.33. The lowest BCUT2D eigenvalue weighted by Crippen LogP contribution is -2.40. The molecule has 2 amide bonds. The van der Waals surface area contributed by atoms with Gasteiger partial charge < -0.3 is 10.1 Å². The Labute approximate surface area is 143 Å². The second-order valence-electron chi connectivity index (χ2n) is 6.33. The van der Waals surface area contributed by atoms with Gasteiger partial charge in [-0.05, 0) is 41.7 Å². The van der Waals surface area contributed by atoms with Crippen molar-refractivity contribution in [3.8, 4) is 5.75 Å². The van der Waals surface area contributed by atoms with Crippen molar-refractivity contribution in [1.82, 2.24) is 5.32 Å². The van der Waals surface area contributed by atoms with E-state index < -0.39 is 0 Å². The molecular formula is C20H24N2O2. The molecule has 4 nitrogen and oxygen atoms in total. The van der Waals surface area contributed by atoms with Crippen LogP contribution < -0.4 is 15.0 Å². The molecule has 1 heterocycles. The molecule has 2 aromatic carbocycles. The van der Waals surface area contributed by atoms with Crippen molar-refractivity contribution in [2.45, 2.75) is 26.2 Å². The molecule has 0 fully saturated rings. The van der Waals surface area contributed by atoms with E-state index in [9.17, 15) is 4.79 Å². The molecule has 0 aliphatic carbocycles. The summed E-state index contributed by atoms with van der Waals surface area (Å²) in [7, 11) is 0. The lowest BCUT2D eigenvalue weighted by molar-refractivity contribution is 0.242. The Bertz CT molecular complexity index is 695. The second-order valence-corrected chi connectivity index (χ2v) is 6.33. The van der Waals surface area contributed by atoms with Crippen molar-refractivity contribution in [3.05, 3.63) is 59.7 Å². The fraction of sp³-hybridized carbons (Fsp3) is 0.350. The van der Waals surface area contributed by atoms with E-state index in [1.54, 1.807) is 4.90 Å². The zero-order valence-electron chi connectivity index (χ0n) is 14.3. The van der Waals surface area contributed by atoms with Crippen molar-refractivity contribution < 1.29 is 9.53 Å². The van der Waals surface area contributed by atoms with Gasteiger partial charge in [-0.2, -0.15) is 0 Å². The third-order valence-electron chi connectivity index (χ3n) is 4.33. The Morgan fingerprint density at radius 3 is 2.67 bits per heavy atom. The highest BCUT2D eigenvalue weighted by Gasteiger charge is 2.23. The van der Waals surface area contributed by atoms with Gasteiger partial charge in [-0.3, -0.25) is 4.90 Å². The molecule has 24 heavy (non-hydrogen) atoms. The van der Waals surface area contributed by atoms with Gasteiger partial charge in [-0.15, -0.1) is 0 Å². The van der Waals surface area contributed by atoms with Gasteiger partial charge in [-0.1, -0.05) is 44.2 Å². The van der Waals surface area contributed by atoms with Crippen LogP contribution in [0.15, 0.2) is 48.5 Å². The van der Waals surface area contributed by atoms with Crippen LogP contribution in [0.4, 0.5) is 10.5 Å². The molecule has 3 rings (SSSR count). The van der Waals surface area contributed by atoms with Gasteiger partial charge in [0.15, 0.2) is 0 Å². The molecule has 4 heteroatoms. The first-order valence-electron chi connectivity index (χ1n) is 8.51. The summed E-state index contributed by atoms with van der Waals surface area (Å²) in [6.45, 7) is 6.03. The number of nitrogens with zero attached hydrogens (tertiary/aromatic N) is 1. The molecule has 0 atom stereocenters. The van der Waals surface area contributed by atoms with Crippen LogP contribution in [0.1, 0.15) is 30.9 Å². The van der Waals surface area contributed by atoms with Crippen LogP contribution in [0.3, 0.4) is 0 Å². The van der Waals surface area contributed by atoms with Gasteiger partial charge in [0, 0.05) is 12.2 Å². The Kier molecular flexibility index (Phi) is 5.04. The molecule has 0 bridgehead atoms. The number of carbonyl (C=O) groups excluding carboxylic acids is 1. The fourth-order valence-corrected chi connectivity index (χ4v) is 2.92. The first-order valence-corrected chi connectivity index (χ1v) is 8.51. The molecule has 0 unspecified atom stereocenters. The highest BCUT2D eigenvalue weighted by Crippen LogP contribution is 2.27. The molecule has 0 saturated heterocycles. The minimum Gasteiger partial charge on any atom is -0.492 e. The monoisotopic (exact) mass is 324 g/mol. The molecular weight excluding hydrogens is 300 g/mol. The van der Waals surface area contributed by atoms with Crippen LogP contribution in [-0.4, -0.2) is 25.7 Å². The van der Waals surface area contributed by atoms with Crippen LogP contribution in [0.25, 0.3) is 0 Å². The molecule has 0 saturated carbocycles. The number of carbonyl (C=O) groups is 1. The van der Waals surface area contributed by atoms with Gasteiger partial charge in [0.25, 0.3) is 0 Å². The highest BCUT2D eigenvalue weighted by molar-refractivity contribution is 5.94. The Morgan fingerprint density at radius 2 is 1.92 bits per heavy atom. The van der Waals surface area contributed by atoms with E-state index in [1.165, 1.54) is 11.1 Å².